The molecule has 0 aromatic carbocycles. The number of nitrogens with zero attached hydrogens (tertiary/aromatic N) is 2. The first-order valence-electron chi connectivity index (χ1n) is 6.91. The summed E-state index contributed by atoms with van der Waals surface area (Å²) in [6, 6.07) is 0.597. The number of likely N-dealkylation sites (tertiary alicyclic amines) is 1. The Kier molecular flexibility index (Phi) is 6.34. The van der Waals surface area contributed by atoms with Gasteiger partial charge in [0.2, 0.25) is 0 Å². The molecule has 1 saturated heterocycles. The summed E-state index contributed by atoms with van der Waals surface area (Å²) in [5.74, 6) is 1.33. The van der Waals surface area contributed by atoms with Gasteiger partial charge in [-0.1, -0.05) is 20.8 Å². The molecule has 100 valence electrons. The van der Waals surface area contributed by atoms with Crippen molar-refractivity contribution in [2.75, 3.05) is 26.2 Å². The van der Waals surface area contributed by atoms with Gasteiger partial charge >= 0.3 is 0 Å². The van der Waals surface area contributed by atoms with E-state index in [4.69, 9.17) is 5.73 Å². The van der Waals surface area contributed by atoms with Crippen LogP contribution < -0.4 is 11.1 Å². The quantitative estimate of drug-likeness (QED) is 0.545. The van der Waals surface area contributed by atoms with Crippen LogP contribution in [0.5, 0.6) is 0 Å². The van der Waals surface area contributed by atoms with Crippen LogP contribution in [-0.4, -0.2) is 43.1 Å². The van der Waals surface area contributed by atoms with E-state index in [-0.39, 0.29) is 0 Å². The molecule has 1 atom stereocenters. The fourth-order valence-electron chi connectivity index (χ4n) is 2.32. The minimum absolute atomic E-state index is 0.597. The summed E-state index contributed by atoms with van der Waals surface area (Å²) >= 11 is 0. The van der Waals surface area contributed by atoms with Crippen LogP contribution in [-0.2, 0) is 0 Å². The van der Waals surface area contributed by atoms with E-state index in [1.807, 2.05) is 0 Å². The molecule has 0 spiro atoms. The van der Waals surface area contributed by atoms with Crippen molar-refractivity contribution in [2.24, 2.45) is 16.6 Å². The topological polar surface area (TPSA) is 53.6 Å². The van der Waals surface area contributed by atoms with Crippen molar-refractivity contribution in [3.05, 3.63) is 0 Å². The lowest BCUT2D eigenvalue weighted by molar-refractivity contribution is 0.231. The molecule has 1 aliphatic rings. The number of hydrogen-bond acceptors (Lipinski definition) is 2. The first-order valence-corrected chi connectivity index (χ1v) is 6.91. The normalized spacial score (nSPS) is 22.4. The fraction of sp³-hybridized carbons (Fsp3) is 0.923. The molecule has 0 aromatic heterocycles. The van der Waals surface area contributed by atoms with E-state index < -0.39 is 0 Å². The minimum Gasteiger partial charge on any atom is -0.370 e. The lowest BCUT2D eigenvalue weighted by atomic mass is 10.2. The lowest BCUT2D eigenvalue weighted by Gasteiger charge is -2.24. The van der Waals surface area contributed by atoms with E-state index in [0.29, 0.717) is 12.0 Å². The Bertz CT molecular complexity index is 238. The molecule has 0 radical (unpaired) electrons. The molecule has 0 aromatic rings. The van der Waals surface area contributed by atoms with Gasteiger partial charge in [0.25, 0.3) is 0 Å². The van der Waals surface area contributed by atoms with E-state index in [1.54, 1.807) is 0 Å². The van der Waals surface area contributed by atoms with Gasteiger partial charge in [0, 0.05) is 19.1 Å². The standard InChI is InChI=1S/C13H28N4/c1-4-7-15-13(14)16-9-12-6-5-8-17(12)10-11(2)3/h11-12H,4-10H2,1-3H3,(H3,14,15,16)/t12-/m1/s1. The fourth-order valence-corrected chi connectivity index (χ4v) is 2.32. The van der Waals surface area contributed by atoms with Gasteiger partial charge in [-0.25, -0.2) is 0 Å². The van der Waals surface area contributed by atoms with Crippen LogP contribution >= 0.6 is 0 Å². The van der Waals surface area contributed by atoms with Crippen LogP contribution in [0.15, 0.2) is 4.99 Å². The van der Waals surface area contributed by atoms with Gasteiger partial charge in [-0.15, -0.1) is 0 Å². The Morgan fingerprint density at radius 3 is 2.94 bits per heavy atom. The molecular formula is C13H28N4. The number of aliphatic imine (C=N–C) groups is 1. The van der Waals surface area contributed by atoms with Gasteiger partial charge in [0.15, 0.2) is 5.96 Å². The molecule has 17 heavy (non-hydrogen) atoms. The van der Waals surface area contributed by atoms with Gasteiger partial charge < -0.3 is 11.1 Å². The van der Waals surface area contributed by atoms with Crippen LogP contribution in [0, 0.1) is 5.92 Å². The van der Waals surface area contributed by atoms with E-state index >= 15 is 0 Å². The van der Waals surface area contributed by atoms with Crippen molar-refractivity contribution < 1.29 is 0 Å². The van der Waals surface area contributed by atoms with Gasteiger partial charge in [-0.2, -0.15) is 0 Å². The average Bonchev–Trinajstić information content (AvgIpc) is 2.70. The zero-order valence-electron chi connectivity index (χ0n) is 11.6. The highest BCUT2D eigenvalue weighted by Gasteiger charge is 2.24. The molecule has 0 saturated carbocycles. The van der Waals surface area contributed by atoms with Crippen LogP contribution in [0.2, 0.25) is 0 Å². The maximum atomic E-state index is 5.80. The summed E-state index contributed by atoms with van der Waals surface area (Å²) < 4.78 is 0. The highest BCUT2D eigenvalue weighted by Crippen LogP contribution is 2.18. The van der Waals surface area contributed by atoms with Crippen LogP contribution in [0.25, 0.3) is 0 Å². The van der Waals surface area contributed by atoms with Crippen molar-refractivity contribution in [2.45, 2.75) is 46.1 Å². The number of nitrogens with one attached hydrogen (secondary N) is 1. The molecule has 4 heteroatoms. The Morgan fingerprint density at radius 2 is 2.29 bits per heavy atom. The minimum atomic E-state index is 0.597. The zero-order valence-corrected chi connectivity index (χ0v) is 11.6. The predicted octanol–water partition coefficient (Wildman–Crippen LogP) is 1.42. The Hall–Kier alpha value is -0.770. The van der Waals surface area contributed by atoms with Gasteiger partial charge in [0.05, 0.1) is 6.54 Å². The second-order valence-electron chi connectivity index (χ2n) is 5.34. The first-order chi connectivity index (χ1) is 8.13. The third-order valence-electron chi connectivity index (χ3n) is 3.13. The molecule has 3 N–H and O–H groups in total. The van der Waals surface area contributed by atoms with Gasteiger partial charge in [-0.3, -0.25) is 9.89 Å². The molecule has 1 heterocycles. The second-order valence-corrected chi connectivity index (χ2v) is 5.34. The number of guanidine groups is 1. The third-order valence-corrected chi connectivity index (χ3v) is 3.13. The van der Waals surface area contributed by atoms with Crippen LogP contribution in [0.3, 0.4) is 0 Å². The summed E-state index contributed by atoms with van der Waals surface area (Å²) in [5, 5.41) is 3.12. The van der Waals surface area contributed by atoms with E-state index in [1.165, 1.54) is 25.9 Å². The van der Waals surface area contributed by atoms with Crippen molar-refractivity contribution >= 4 is 5.96 Å². The number of nitrogens with two attached hydrogens (primary N) is 1. The molecule has 0 unspecified atom stereocenters. The van der Waals surface area contributed by atoms with Crippen molar-refractivity contribution in [3.63, 3.8) is 0 Å². The summed E-state index contributed by atoms with van der Waals surface area (Å²) in [5.41, 5.74) is 5.80. The molecule has 1 rings (SSSR count). The molecule has 1 aliphatic heterocycles. The first kappa shape index (κ1) is 14.3. The summed E-state index contributed by atoms with van der Waals surface area (Å²) in [7, 11) is 0. The predicted molar refractivity (Wildman–Crippen MR) is 74.2 cm³/mol. The summed E-state index contributed by atoms with van der Waals surface area (Å²) in [6.45, 7) is 10.8. The SMILES string of the molecule is CCCNC(N)=NC[C@H]1CCCN1CC(C)C. The Morgan fingerprint density at radius 1 is 1.53 bits per heavy atom. The highest BCUT2D eigenvalue weighted by atomic mass is 15.2. The maximum absolute atomic E-state index is 5.80. The van der Waals surface area contributed by atoms with Crippen molar-refractivity contribution in [1.82, 2.24) is 10.2 Å². The highest BCUT2D eigenvalue weighted by molar-refractivity contribution is 5.77. The largest absolute Gasteiger partial charge is 0.370 e. The summed E-state index contributed by atoms with van der Waals surface area (Å²) in [4.78, 5) is 7.00. The smallest absolute Gasteiger partial charge is 0.188 e. The maximum Gasteiger partial charge on any atom is 0.188 e. The zero-order chi connectivity index (χ0) is 12.7. The molecule has 4 nitrogen and oxygen atoms in total. The molecule has 0 bridgehead atoms. The van der Waals surface area contributed by atoms with E-state index in [2.05, 4.69) is 36.0 Å². The Balaban J connectivity index is 2.34. The van der Waals surface area contributed by atoms with Gasteiger partial charge in [0.1, 0.15) is 0 Å². The van der Waals surface area contributed by atoms with Crippen LogP contribution in [0.4, 0.5) is 0 Å². The number of rotatable bonds is 6. The molecule has 1 fully saturated rings. The molecule has 0 amide bonds. The van der Waals surface area contributed by atoms with Crippen LogP contribution in [0.1, 0.15) is 40.0 Å². The van der Waals surface area contributed by atoms with Crippen molar-refractivity contribution in [3.8, 4) is 0 Å². The third kappa shape index (κ3) is 5.39. The van der Waals surface area contributed by atoms with E-state index in [0.717, 1.165) is 25.4 Å². The molecule has 0 aliphatic carbocycles. The van der Waals surface area contributed by atoms with E-state index in [9.17, 15) is 0 Å². The average molecular weight is 240 g/mol. The lowest BCUT2D eigenvalue weighted by Crippen LogP contribution is -2.37. The summed E-state index contributed by atoms with van der Waals surface area (Å²) in [6.07, 6.45) is 3.64. The second kappa shape index (κ2) is 7.54. The monoisotopic (exact) mass is 240 g/mol. The Labute approximate surface area is 106 Å². The number of hydrogen-bond donors (Lipinski definition) is 2. The van der Waals surface area contributed by atoms with Gasteiger partial charge in [-0.05, 0) is 31.7 Å². The van der Waals surface area contributed by atoms with Crippen molar-refractivity contribution in [1.29, 1.82) is 0 Å². The molecular weight excluding hydrogens is 212 g/mol.